The Morgan fingerprint density at radius 3 is 2.55 bits per heavy atom. The topological polar surface area (TPSA) is 55.1 Å². The summed E-state index contributed by atoms with van der Waals surface area (Å²) in [6.07, 6.45) is 9.23. The van der Waals surface area contributed by atoms with Gasteiger partial charge in [0.2, 0.25) is 5.91 Å². The van der Waals surface area contributed by atoms with Crippen LogP contribution < -0.4 is 11.1 Å². The van der Waals surface area contributed by atoms with Gasteiger partial charge < -0.3 is 5.73 Å². The van der Waals surface area contributed by atoms with Crippen LogP contribution in [0.5, 0.6) is 0 Å². The number of aryl methyl sites for hydroxylation is 1. The highest BCUT2D eigenvalue weighted by atomic mass is 16.1. The minimum Gasteiger partial charge on any atom is -0.368 e. The molecule has 1 fully saturated rings. The van der Waals surface area contributed by atoms with E-state index in [4.69, 9.17) is 5.73 Å². The van der Waals surface area contributed by atoms with E-state index in [9.17, 15) is 4.79 Å². The van der Waals surface area contributed by atoms with E-state index >= 15 is 0 Å². The summed E-state index contributed by atoms with van der Waals surface area (Å²) in [4.78, 5) is 12.2. The van der Waals surface area contributed by atoms with Crippen LogP contribution >= 0.6 is 0 Å². The minimum atomic E-state index is -0.633. The molecule has 0 heterocycles. The van der Waals surface area contributed by atoms with E-state index in [0.29, 0.717) is 6.04 Å². The molecule has 3 heteroatoms. The van der Waals surface area contributed by atoms with Gasteiger partial charge in [-0.2, -0.15) is 0 Å². The number of amides is 1. The van der Waals surface area contributed by atoms with Gasteiger partial charge in [0.1, 0.15) is 5.54 Å². The van der Waals surface area contributed by atoms with Crippen LogP contribution in [0.15, 0.2) is 24.3 Å². The molecule has 3 nitrogen and oxygen atoms in total. The first-order chi connectivity index (χ1) is 9.72. The van der Waals surface area contributed by atoms with Gasteiger partial charge in [0.15, 0.2) is 0 Å². The predicted molar refractivity (Wildman–Crippen MR) is 80.3 cm³/mol. The highest BCUT2D eigenvalue weighted by molar-refractivity contribution is 5.87. The third-order valence-corrected chi connectivity index (χ3v) is 4.97. The second kappa shape index (κ2) is 5.57. The standard InChI is InChI=1S/C17H24N2O/c18-16(20)17(19-14-8-3-1-2-4-9-14)12-11-13-7-5-6-10-15(13)17/h5-7,10,14,19H,1-4,8-9,11-12H2,(H2,18,20). The molecule has 1 aromatic rings. The van der Waals surface area contributed by atoms with Crippen molar-refractivity contribution in [3.63, 3.8) is 0 Å². The molecule has 0 bridgehead atoms. The Labute approximate surface area is 120 Å². The van der Waals surface area contributed by atoms with Gasteiger partial charge in [-0.15, -0.1) is 0 Å². The van der Waals surface area contributed by atoms with Crippen molar-refractivity contribution in [2.45, 2.75) is 62.9 Å². The van der Waals surface area contributed by atoms with Gasteiger partial charge in [-0.05, 0) is 36.8 Å². The van der Waals surface area contributed by atoms with Crippen LogP contribution in [-0.4, -0.2) is 11.9 Å². The summed E-state index contributed by atoms with van der Waals surface area (Å²) >= 11 is 0. The average molecular weight is 272 g/mol. The minimum absolute atomic E-state index is 0.216. The fourth-order valence-electron chi connectivity index (χ4n) is 3.86. The number of nitrogens with one attached hydrogen (secondary N) is 1. The summed E-state index contributed by atoms with van der Waals surface area (Å²) in [6, 6.07) is 8.67. The van der Waals surface area contributed by atoms with Gasteiger partial charge in [-0.1, -0.05) is 49.9 Å². The van der Waals surface area contributed by atoms with Gasteiger partial charge >= 0.3 is 0 Å². The van der Waals surface area contributed by atoms with Gasteiger partial charge in [0.25, 0.3) is 0 Å². The Balaban J connectivity index is 1.88. The highest BCUT2D eigenvalue weighted by Crippen LogP contribution is 2.38. The van der Waals surface area contributed by atoms with Crippen LogP contribution in [0.2, 0.25) is 0 Å². The molecule has 2 aliphatic rings. The Morgan fingerprint density at radius 2 is 1.85 bits per heavy atom. The lowest BCUT2D eigenvalue weighted by molar-refractivity contribution is -0.125. The fourth-order valence-corrected chi connectivity index (χ4v) is 3.86. The number of carbonyl (C=O) groups excluding carboxylic acids is 1. The third kappa shape index (κ3) is 2.35. The molecule has 1 unspecified atom stereocenters. The lowest BCUT2D eigenvalue weighted by Gasteiger charge is -2.33. The Bertz CT molecular complexity index is 492. The van der Waals surface area contributed by atoms with Crippen molar-refractivity contribution in [1.29, 1.82) is 0 Å². The summed E-state index contributed by atoms with van der Waals surface area (Å²) in [5.41, 5.74) is 7.55. The van der Waals surface area contributed by atoms with E-state index in [-0.39, 0.29) is 5.91 Å². The molecule has 0 aromatic heterocycles. The zero-order valence-corrected chi connectivity index (χ0v) is 12.0. The lowest BCUT2D eigenvalue weighted by atomic mass is 9.89. The molecule has 20 heavy (non-hydrogen) atoms. The molecule has 0 aliphatic heterocycles. The molecule has 1 atom stereocenters. The number of fused-ring (bicyclic) bond motifs is 1. The van der Waals surface area contributed by atoms with E-state index < -0.39 is 5.54 Å². The number of primary amides is 1. The number of hydrogen-bond acceptors (Lipinski definition) is 2. The summed E-state index contributed by atoms with van der Waals surface area (Å²) in [6.45, 7) is 0. The van der Waals surface area contributed by atoms with Crippen LogP contribution in [0.3, 0.4) is 0 Å². The van der Waals surface area contributed by atoms with Crippen molar-refractivity contribution in [2.24, 2.45) is 5.73 Å². The SMILES string of the molecule is NC(=O)C1(NC2CCCCCC2)CCc2ccccc21. The van der Waals surface area contributed by atoms with E-state index in [0.717, 1.165) is 31.2 Å². The highest BCUT2D eigenvalue weighted by Gasteiger charge is 2.44. The maximum absolute atomic E-state index is 12.2. The average Bonchev–Trinajstić information content (AvgIpc) is 2.64. The normalized spacial score (nSPS) is 27.0. The Kier molecular flexibility index (Phi) is 3.79. The number of benzene rings is 1. The van der Waals surface area contributed by atoms with Crippen LogP contribution in [0.1, 0.15) is 56.1 Å². The molecule has 0 saturated heterocycles. The van der Waals surface area contributed by atoms with Gasteiger partial charge in [-0.25, -0.2) is 0 Å². The van der Waals surface area contributed by atoms with Crippen molar-refractivity contribution < 1.29 is 4.79 Å². The molecule has 1 aromatic carbocycles. The number of hydrogen-bond donors (Lipinski definition) is 2. The first-order valence-electron chi connectivity index (χ1n) is 7.88. The van der Waals surface area contributed by atoms with Crippen LogP contribution in [0.25, 0.3) is 0 Å². The number of carbonyl (C=O) groups is 1. The van der Waals surface area contributed by atoms with Crippen molar-refractivity contribution >= 4 is 5.91 Å². The van der Waals surface area contributed by atoms with E-state index in [1.807, 2.05) is 12.1 Å². The second-order valence-corrected chi connectivity index (χ2v) is 6.26. The molecule has 0 spiro atoms. The fraction of sp³-hybridized carbons (Fsp3) is 0.588. The smallest absolute Gasteiger partial charge is 0.242 e. The Morgan fingerprint density at radius 1 is 1.15 bits per heavy atom. The predicted octanol–water partition coefficient (Wildman–Crippen LogP) is 2.63. The second-order valence-electron chi connectivity index (χ2n) is 6.26. The maximum atomic E-state index is 12.2. The van der Waals surface area contributed by atoms with Crippen LogP contribution in [-0.2, 0) is 16.8 Å². The van der Waals surface area contributed by atoms with E-state index in [1.165, 1.54) is 31.2 Å². The first kappa shape index (κ1) is 13.6. The van der Waals surface area contributed by atoms with Gasteiger partial charge in [0.05, 0.1) is 0 Å². The van der Waals surface area contributed by atoms with Crippen LogP contribution in [0, 0.1) is 0 Å². The van der Waals surface area contributed by atoms with E-state index in [1.54, 1.807) is 0 Å². The van der Waals surface area contributed by atoms with Crippen molar-refractivity contribution in [3.05, 3.63) is 35.4 Å². The molecule has 108 valence electrons. The number of rotatable bonds is 3. The maximum Gasteiger partial charge on any atom is 0.242 e. The molecule has 1 saturated carbocycles. The molecular weight excluding hydrogens is 248 g/mol. The quantitative estimate of drug-likeness (QED) is 0.831. The first-order valence-corrected chi connectivity index (χ1v) is 7.88. The molecular formula is C17H24N2O. The third-order valence-electron chi connectivity index (χ3n) is 4.97. The summed E-state index contributed by atoms with van der Waals surface area (Å²) in [7, 11) is 0. The lowest BCUT2D eigenvalue weighted by Crippen LogP contribution is -2.54. The monoisotopic (exact) mass is 272 g/mol. The number of nitrogens with two attached hydrogens (primary N) is 1. The van der Waals surface area contributed by atoms with Gasteiger partial charge in [0, 0.05) is 6.04 Å². The molecule has 2 aliphatic carbocycles. The van der Waals surface area contributed by atoms with Gasteiger partial charge in [-0.3, -0.25) is 10.1 Å². The molecule has 0 radical (unpaired) electrons. The molecule has 1 amide bonds. The molecule has 3 rings (SSSR count). The zero-order chi connectivity index (χ0) is 14.0. The van der Waals surface area contributed by atoms with Crippen molar-refractivity contribution in [2.75, 3.05) is 0 Å². The zero-order valence-electron chi connectivity index (χ0n) is 12.0. The Hall–Kier alpha value is -1.35. The summed E-state index contributed by atoms with van der Waals surface area (Å²) < 4.78 is 0. The van der Waals surface area contributed by atoms with E-state index in [2.05, 4.69) is 17.4 Å². The van der Waals surface area contributed by atoms with Crippen molar-refractivity contribution in [3.8, 4) is 0 Å². The van der Waals surface area contributed by atoms with Crippen molar-refractivity contribution in [1.82, 2.24) is 5.32 Å². The summed E-state index contributed by atoms with van der Waals surface area (Å²) in [5.74, 6) is -0.216. The van der Waals surface area contributed by atoms with Crippen LogP contribution in [0.4, 0.5) is 0 Å². The molecule has 3 N–H and O–H groups in total. The largest absolute Gasteiger partial charge is 0.368 e. The summed E-state index contributed by atoms with van der Waals surface area (Å²) in [5, 5.41) is 3.65.